The lowest BCUT2D eigenvalue weighted by Crippen LogP contribution is -2.35. The monoisotopic (exact) mass is 315 g/mol. The van der Waals surface area contributed by atoms with Gasteiger partial charge in [-0.25, -0.2) is 4.98 Å². The van der Waals surface area contributed by atoms with Gasteiger partial charge in [0.2, 0.25) is 0 Å². The number of carbonyl (C=O) groups excluding carboxylic acids is 1. The minimum atomic E-state index is -0.164. The van der Waals surface area contributed by atoms with Crippen LogP contribution >= 0.6 is 0 Å². The van der Waals surface area contributed by atoms with E-state index in [2.05, 4.69) is 10.3 Å². The number of benzene rings is 1. The molecule has 1 amide bonds. The predicted octanol–water partition coefficient (Wildman–Crippen LogP) is 1.64. The summed E-state index contributed by atoms with van der Waals surface area (Å²) in [6.45, 7) is 4.62. The number of aromatic nitrogens is 2. The van der Waals surface area contributed by atoms with Crippen molar-refractivity contribution in [3.63, 3.8) is 0 Å². The summed E-state index contributed by atoms with van der Waals surface area (Å²) in [5.74, 6) is 1.20. The van der Waals surface area contributed by atoms with E-state index in [1.807, 2.05) is 13.8 Å². The van der Waals surface area contributed by atoms with E-state index >= 15 is 0 Å². The molecule has 122 valence electrons. The van der Waals surface area contributed by atoms with Crippen LogP contribution in [0.5, 0.6) is 5.75 Å². The van der Waals surface area contributed by atoms with Crippen molar-refractivity contribution in [2.24, 2.45) is 0 Å². The largest absolute Gasteiger partial charge is 0.484 e. The second kappa shape index (κ2) is 6.40. The highest BCUT2D eigenvalue weighted by Gasteiger charge is 2.16. The lowest BCUT2D eigenvalue weighted by molar-refractivity contribution is -0.123. The van der Waals surface area contributed by atoms with Crippen LogP contribution in [0.4, 0.5) is 0 Å². The first kappa shape index (κ1) is 15.5. The summed E-state index contributed by atoms with van der Waals surface area (Å²) in [7, 11) is 0. The Hall–Kier alpha value is -2.37. The predicted molar refractivity (Wildman–Crippen MR) is 87.7 cm³/mol. The Kier molecular flexibility index (Phi) is 4.32. The van der Waals surface area contributed by atoms with E-state index in [0.29, 0.717) is 16.7 Å². The molecule has 0 aliphatic carbocycles. The molecular weight excluding hydrogens is 294 g/mol. The first-order valence-electron chi connectivity index (χ1n) is 8.04. The molecule has 1 atom stereocenters. The van der Waals surface area contributed by atoms with Gasteiger partial charge in [0.25, 0.3) is 11.5 Å². The summed E-state index contributed by atoms with van der Waals surface area (Å²) >= 11 is 0. The van der Waals surface area contributed by atoms with Gasteiger partial charge in [-0.05, 0) is 38.0 Å². The average molecular weight is 315 g/mol. The van der Waals surface area contributed by atoms with Gasteiger partial charge in [-0.1, -0.05) is 6.92 Å². The molecule has 1 N–H and O–H groups in total. The zero-order valence-electron chi connectivity index (χ0n) is 13.5. The van der Waals surface area contributed by atoms with Crippen LogP contribution in [0.15, 0.2) is 23.0 Å². The number of rotatable bonds is 5. The van der Waals surface area contributed by atoms with Gasteiger partial charge in [0.1, 0.15) is 11.6 Å². The Morgan fingerprint density at radius 3 is 3.09 bits per heavy atom. The Morgan fingerprint density at radius 2 is 2.30 bits per heavy atom. The molecule has 0 fully saturated rings. The lowest BCUT2D eigenvalue weighted by atomic mass is 10.2. The standard InChI is InChI=1S/C17H21N3O3/c1-3-11(2)18-16(21)10-23-12-6-7-14-13(9-12)17(22)20-8-4-5-15(20)19-14/h6-7,9,11H,3-5,8,10H2,1-2H3,(H,18,21)/t11-/m0/s1. The second-order valence-corrected chi connectivity index (χ2v) is 5.93. The van der Waals surface area contributed by atoms with Gasteiger partial charge in [0, 0.05) is 19.0 Å². The average Bonchev–Trinajstić information content (AvgIpc) is 3.02. The summed E-state index contributed by atoms with van der Waals surface area (Å²) in [5, 5.41) is 3.38. The quantitative estimate of drug-likeness (QED) is 0.910. The normalized spacial score (nSPS) is 14.5. The summed E-state index contributed by atoms with van der Waals surface area (Å²) in [6, 6.07) is 5.32. The number of ether oxygens (including phenoxy) is 1. The van der Waals surface area contributed by atoms with E-state index in [1.165, 1.54) is 0 Å². The molecule has 2 heterocycles. The van der Waals surface area contributed by atoms with Gasteiger partial charge in [-0.2, -0.15) is 0 Å². The van der Waals surface area contributed by atoms with Gasteiger partial charge >= 0.3 is 0 Å². The number of hydrogen-bond acceptors (Lipinski definition) is 4. The fourth-order valence-electron chi connectivity index (χ4n) is 2.72. The van der Waals surface area contributed by atoms with Gasteiger partial charge in [0.15, 0.2) is 6.61 Å². The first-order chi connectivity index (χ1) is 11.1. The molecule has 0 radical (unpaired) electrons. The molecule has 23 heavy (non-hydrogen) atoms. The second-order valence-electron chi connectivity index (χ2n) is 5.93. The van der Waals surface area contributed by atoms with Crippen LogP contribution < -0.4 is 15.6 Å². The molecular formula is C17H21N3O3. The molecule has 1 aliphatic rings. The van der Waals surface area contributed by atoms with Crippen LogP contribution in [0.3, 0.4) is 0 Å². The van der Waals surface area contributed by atoms with Crippen molar-refractivity contribution in [2.45, 2.75) is 45.7 Å². The van der Waals surface area contributed by atoms with Gasteiger partial charge < -0.3 is 10.1 Å². The molecule has 0 unspecified atom stereocenters. The molecule has 6 nitrogen and oxygen atoms in total. The maximum absolute atomic E-state index is 12.5. The van der Waals surface area contributed by atoms with Crippen LogP contribution in [0.2, 0.25) is 0 Å². The van der Waals surface area contributed by atoms with E-state index in [9.17, 15) is 9.59 Å². The van der Waals surface area contributed by atoms with Gasteiger partial charge in [-0.15, -0.1) is 0 Å². The van der Waals surface area contributed by atoms with Crippen LogP contribution in [0, 0.1) is 0 Å². The number of amides is 1. The van der Waals surface area contributed by atoms with Crippen molar-refractivity contribution >= 4 is 16.8 Å². The van der Waals surface area contributed by atoms with Crippen LogP contribution in [-0.2, 0) is 17.8 Å². The van der Waals surface area contributed by atoms with Crippen LogP contribution in [-0.4, -0.2) is 28.1 Å². The fourth-order valence-corrected chi connectivity index (χ4v) is 2.72. The minimum absolute atomic E-state index is 0.0305. The molecule has 0 saturated heterocycles. The maximum atomic E-state index is 12.5. The Labute approximate surface area is 134 Å². The van der Waals surface area contributed by atoms with Crippen LogP contribution in [0.25, 0.3) is 10.9 Å². The molecule has 6 heteroatoms. The number of aryl methyl sites for hydroxylation is 1. The highest BCUT2D eigenvalue weighted by atomic mass is 16.5. The summed E-state index contributed by atoms with van der Waals surface area (Å²) in [4.78, 5) is 28.8. The molecule has 3 rings (SSSR count). The zero-order chi connectivity index (χ0) is 16.4. The van der Waals surface area contributed by atoms with Crippen molar-refractivity contribution in [3.05, 3.63) is 34.4 Å². The number of hydrogen-bond donors (Lipinski definition) is 1. The van der Waals surface area contributed by atoms with E-state index < -0.39 is 0 Å². The number of carbonyl (C=O) groups is 1. The number of nitrogens with zero attached hydrogens (tertiary/aromatic N) is 2. The molecule has 1 aliphatic heterocycles. The zero-order valence-corrected chi connectivity index (χ0v) is 13.5. The Balaban J connectivity index is 1.78. The maximum Gasteiger partial charge on any atom is 0.261 e. The van der Waals surface area contributed by atoms with E-state index in [-0.39, 0.29) is 24.1 Å². The highest BCUT2D eigenvalue weighted by molar-refractivity contribution is 5.80. The molecule has 1 aromatic carbocycles. The van der Waals surface area contributed by atoms with Gasteiger partial charge in [0.05, 0.1) is 10.9 Å². The van der Waals surface area contributed by atoms with Crippen molar-refractivity contribution in [2.75, 3.05) is 6.61 Å². The topological polar surface area (TPSA) is 73.2 Å². The van der Waals surface area contributed by atoms with Crippen molar-refractivity contribution in [1.82, 2.24) is 14.9 Å². The molecule has 0 saturated carbocycles. The lowest BCUT2D eigenvalue weighted by Gasteiger charge is -2.12. The smallest absolute Gasteiger partial charge is 0.261 e. The Bertz CT molecular complexity index is 798. The third kappa shape index (κ3) is 3.21. The number of nitrogens with one attached hydrogen (secondary N) is 1. The highest BCUT2D eigenvalue weighted by Crippen LogP contribution is 2.19. The summed E-state index contributed by atoms with van der Waals surface area (Å²) < 4.78 is 7.23. The fraction of sp³-hybridized carbons (Fsp3) is 0.471. The van der Waals surface area contributed by atoms with E-state index in [0.717, 1.165) is 31.6 Å². The molecule has 2 aromatic rings. The van der Waals surface area contributed by atoms with Crippen molar-refractivity contribution in [1.29, 1.82) is 0 Å². The van der Waals surface area contributed by atoms with Gasteiger partial charge in [-0.3, -0.25) is 14.2 Å². The molecule has 0 bridgehead atoms. The van der Waals surface area contributed by atoms with Crippen LogP contribution in [0.1, 0.15) is 32.5 Å². The summed E-state index contributed by atoms with van der Waals surface area (Å²) in [6.07, 6.45) is 2.67. The summed E-state index contributed by atoms with van der Waals surface area (Å²) in [5.41, 5.74) is 0.650. The first-order valence-corrected chi connectivity index (χ1v) is 8.04. The SMILES string of the molecule is CC[C@H](C)NC(=O)COc1ccc2nc3n(c(=O)c2c1)CCC3. The van der Waals surface area contributed by atoms with E-state index in [1.54, 1.807) is 22.8 Å². The number of fused-ring (bicyclic) bond motifs is 2. The third-order valence-electron chi connectivity index (χ3n) is 4.18. The Morgan fingerprint density at radius 1 is 1.48 bits per heavy atom. The minimum Gasteiger partial charge on any atom is -0.484 e. The van der Waals surface area contributed by atoms with Crippen molar-refractivity contribution in [3.8, 4) is 5.75 Å². The molecule has 1 aromatic heterocycles. The molecule has 0 spiro atoms. The third-order valence-corrected chi connectivity index (χ3v) is 4.18. The van der Waals surface area contributed by atoms with E-state index in [4.69, 9.17) is 4.74 Å². The van der Waals surface area contributed by atoms with Crippen molar-refractivity contribution < 1.29 is 9.53 Å².